The summed E-state index contributed by atoms with van der Waals surface area (Å²) in [5.74, 6) is -2.41. The molecule has 5 nitrogen and oxygen atoms in total. The Labute approximate surface area is 144 Å². The van der Waals surface area contributed by atoms with Crippen LogP contribution in [-0.4, -0.2) is 31.4 Å². The topological polar surface area (TPSA) is 66.5 Å². The van der Waals surface area contributed by atoms with E-state index in [1.54, 1.807) is 12.1 Å². The first-order chi connectivity index (χ1) is 11.7. The second kappa shape index (κ2) is 6.53. The van der Waals surface area contributed by atoms with Crippen LogP contribution in [0.15, 0.2) is 36.4 Å². The van der Waals surface area contributed by atoms with Crippen molar-refractivity contribution in [3.8, 4) is 0 Å². The van der Waals surface area contributed by atoms with Gasteiger partial charge in [0.1, 0.15) is 11.6 Å². The zero-order valence-electron chi connectivity index (χ0n) is 13.4. The number of benzene rings is 2. The number of sulfonamides is 1. The number of anilines is 1. The van der Waals surface area contributed by atoms with Gasteiger partial charge in [0.2, 0.25) is 10.0 Å². The molecule has 0 aliphatic carbocycles. The van der Waals surface area contributed by atoms with Crippen molar-refractivity contribution in [1.29, 1.82) is 0 Å². The summed E-state index contributed by atoms with van der Waals surface area (Å²) in [7, 11) is -3.30. The van der Waals surface area contributed by atoms with Crippen LogP contribution >= 0.6 is 0 Å². The van der Waals surface area contributed by atoms with Gasteiger partial charge in [-0.05, 0) is 41.8 Å². The fourth-order valence-corrected chi connectivity index (χ4v) is 3.56. The molecule has 2 aromatic carbocycles. The smallest absolute Gasteiger partial charge is 0.258 e. The van der Waals surface area contributed by atoms with Crippen molar-refractivity contribution in [1.82, 2.24) is 4.31 Å². The lowest BCUT2D eigenvalue weighted by Gasteiger charge is -2.27. The summed E-state index contributed by atoms with van der Waals surface area (Å²) in [5.41, 5.74) is 1.94. The van der Waals surface area contributed by atoms with Gasteiger partial charge in [0, 0.05) is 24.8 Å². The van der Waals surface area contributed by atoms with E-state index in [1.165, 1.54) is 4.31 Å². The Morgan fingerprint density at radius 2 is 1.88 bits per heavy atom. The van der Waals surface area contributed by atoms with E-state index in [0.29, 0.717) is 24.7 Å². The lowest BCUT2D eigenvalue weighted by atomic mass is 10.0. The molecule has 0 spiro atoms. The first-order valence-electron chi connectivity index (χ1n) is 7.57. The van der Waals surface area contributed by atoms with Crippen LogP contribution < -0.4 is 5.32 Å². The predicted octanol–water partition coefficient (Wildman–Crippen LogP) is 2.53. The van der Waals surface area contributed by atoms with Crippen LogP contribution in [0, 0.1) is 11.6 Å². The molecule has 25 heavy (non-hydrogen) atoms. The van der Waals surface area contributed by atoms with Crippen molar-refractivity contribution in [2.75, 3.05) is 18.1 Å². The molecule has 1 amide bonds. The van der Waals surface area contributed by atoms with Crippen LogP contribution in [-0.2, 0) is 23.0 Å². The van der Waals surface area contributed by atoms with E-state index in [4.69, 9.17) is 0 Å². The van der Waals surface area contributed by atoms with Crippen molar-refractivity contribution in [3.63, 3.8) is 0 Å². The van der Waals surface area contributed by atoms with Gasteiger partial charge in [0.15, 0.2) is 0 Å². The number of carbonyl (C=O) groups is 1. The molecular formula is C17H16F2N2O3S. The summed E-state index contributed by atoms with van der Waals surface area (Å²) < 4.78 is 51.4. The molecule has 1 aliphatic rings. The van der Waals surface area contributed by atoms with E-state index < -0.39 is 27.6 Å². The van der Waals surface area contributed by atoms with Gasteiger partial charge in [-0.15, -0.1) is 0 Å². The first kappa shape index (κ1) is 17.5. The average Bonchev–Trinajstić information content (AvgIpc) is 2.53. The molecule has 0 saturated carbocycles. The fraction of sp³-hybridized carbons (Fsp3) is 0.235. The average molecular weight is 366 g/mol. The Kier molecular flexibility index (Phi) is 4.57. The van der Waals surface area contributed by atoms with Crippen LogP contribution in [0.5, 0.6) is 0 Å². The third kappa shape index (κ3) is 3.85. The minimum absolute atomic E-state index is 0.225. The molecule has 0 saturated heterocycles. The molecule has 0 fully saturated rings. The largest absolute Gasteiger partial charge is 0.322 e. The van der Waals surface area contributed by atoms with Gasteiger partial charge in [0.25, 0.3) is 5.91 Å². The minimum Gasteiger partial charge on any atom is -0.322 e. The molecular weight excluding hydrogens is 350 g/mol. The third-order valence-electron chi connectivity index (χ3n) is 4.09. The van der Waals surface area contributed by atoms with E-state index in [1.807, 2.05) is 6.07 Å². The van der Waals surface area contributed by atoms with Gasteiger partial charge in [0.05, 0.1) is 11.8 Å². The molecule has 0 radical (unpaired) electrons. The maximum Gasteiger partial charge on any atom is 0.258 e. The van der Waals surface area contributed by atoms with E-state index in [2.05, 4.69) is 5.32 Å². The Hall–Kier alpha value is -2.32. The quantitative estimate of drug-likeness (QED) is 0.908. The Morgan fingerprint density at radius 3 is 2.56 bits per heavy atom. The fourth-order valence-electron chi connectivity index (χ4n) is 2.76. The minimum atomic E-state index is -3.30. The van der Waals surface area contributed by atoms with Crippen LogP contribution in [0.1, 0.15) is 21.5 Å². The molecule has 8 heteroatoms. The molecule has 0 unspecified atom stereocenters. The zero-order valence-corrected chi connectivity index (χ0v) is 14.2. The van der Waals surface area contributed by atoms with Crippen molar-refractivity contribution < 1.29 is 22.0 Å². The third-order valence-corrected chi connectivity index (χ3v) is 5.34. The van der Waals surface area contributed by atoms with Crippen LogP contribution in [0.25, 0.3) is 0 Å². The Balaban J connectivity index is 1.82. The predicted molar refractivity (Wildman–Crippen MR) is 89.7 cm³/mol. The van der Waals surface area contributed by atoms with Crippen LogP contribution in [0.2, 0.25) is 0 Å². The van der Waals surface area contributed by atoms with Crippen molar-refractivity contribution in [2.45, 2.75) is 13.0 Å². The number of halogens is 2. The monoisotopic (exact) mass is 366 g/mol. The van der Waals surface area contributed by atoms with Crippen LogP contribution in [0.4, 0.5) is 14.5 Å². The Bertz CT molecular complexity index is 945. The molecule has 0 bridgehead atoms. The Morgan fingerprint density at radius 1 is 1.12 bits per heavy atom. The summed E-state index contributed by atoms with van der Waals surface area (Å²) in [6.45, 7) is 0.640. The molecule has 1 N–H and O–H groups in total. The SMILES string of the molecule is CS(=O)(=O)N1CCc2ccc(NC(=O)c3ccc(F)cc3F)cc2C1. The lowest BCUT2D eigenvalue weighted by Crippen LogP contribution is -2.35. The number of carbonyl (C=O) groups excluding carboxylic acids is 1. The van der Waals surface area contributed by atoms with Gasteiger partial charge in [-0.1, -0.05) is 6.07 Å². The van der Waals surface area contributed by atoms with Crippen molar-refractivity contribution >= 4 is 21.6 Å². The standard InChI is InChI=1S/C17H16F2N2O3S/c1-25(23,24)21-7-6-11-2-4-14(8-12(11)10-21)20-17(22)15-5-3-13(18)9-16(15)19/h2-5,8-9H,6-7,10H2,1H3,(H,20,22). The normalized spacial score (nSPS) is 14.8. The second-order valence-corrected chi connectivity index (χ2v) is 7.89. The number of hydrogen-bond acceptors (Lipinski definition) is 3. The summed E-state index contributed by atoms with van der Waals surface area (Å²) >= 11 is 0. The number of nitrogens with zero attached hydrogens (tertiary/aromatic N) is 1. The first-order valence-corrected chi connectivity index (χ1v) is 9.42. The number of nitrogens with one attached hydrogen (secondary N) is 1. The van der Waals surface area contributed by atoms with Gasteiger partial charge in [-0.3, -0.25) is 4.79 Å². The molecule has 3 rings (SSSR count). The van der Waals surface area contributed by atoms with E-state index in [9.17, 15) is 22.0 Å². The van der Waals surface area contributed by atoms with Crippen molar-refractivity contribution in [3.05, 3.63) is 64.7 Å². The highest BCUT2D eigenvalue weighted by Gasteiger charge is 2.23. The van der Waals surface area contributed by atoms with Gasteiger partial charge < -0.3 is 5.32 Å². The zero-order chi connectivity index (χ0) is 18.2. The van der Waals surface area contributed by atoms with Gasteiger partial charge >= 0.3 is 0 Å². The van der Waals surface area contributed by atoms with Crippen LogP contribution in [0.3, 0.4) is 0 Å². The van der Waals surface area contributed by atoms with E-state index in [0.717, 1.165) is 29.5 Å². The van der Waals surface area contributed by atoms with E-state index >= 15 is 0 Å². The number of rotatable bonds is 3. The number of hydrogen-bond donors (Lipinski definition) is 1. The van der Waals surface area contributed by atoms with Gasteiger partial charge in [-0.2, -0.15) is 4.31 Å². The summed E-state index contributed by atoms with van der Waals surface area (Å²) in [6.07, 6.45) is 1.74. The molecule has 0 atom stereocenters. The number of fused-ring (bicyclic) bond motifs is 1. The highest BCUT2D eigenvalue weighted by molar-refractivity contribution is 7.88. The molecule has 0 aromatic heterocycles. The van der Waals surface area contributed by atoms with E-state index in [-0.39, 0.29) is 12.1 Å². The molecule has 1 aliphatic heterocycles. The highest BCUT2D eigenvalue weighted by atomic mass is 32.2. The molecule has 132 valence electrons. The summed E-state index contributed by atoms with van der Waals surface area (Å²) in [5, 5.41) is 2.55. The number of amides is 1. The summed E-state index contributed by atoms with van der Waals surface area (Å²) in [6, 6.07) is 7.89. The van der Waals surface area contributed by atoms with Crippen molar-refractivity contribution in [2.24, 2.45) is 0 Å². The molecule has 1 heterocycles. The van der Waals surface area contributed by atoms with Gasteiger partial charge in [-0.25, -0.2) is 17.2 Å². The lowest BCUT2D eigenvalue weighted by molar-refractivity contribution is 0.102. The maximum absolute atomic E-state index is 13.7. The maximum atomic E-state index is 13.7. The second-order valence-electron chi connectivity index (χ2n) is 5.91. The highest BCUT2D eigenvalue weighted by Crippen LogP contribution is 2.24. The summed E-state index contributed by atoms with van der Waals surface area (Å²) in [4.78, 5) is 12.2. The molecule has 2 aromatic rings.